The molecule has 0 aliphatic heterocycles. The van der Waals surface area contributed by atoms with Gasteiger partial charge in [0.1, 0.15) is 18.2 Å². The van der Waals surface area contributed by atoms with Crippen LogP contribution in [-0.4, -0.2) is 6.29 Å². The minimum Gasteiger partial charge on any atom is -0.298 e. The Bertz CT molecular complexity index is 899. The van der Waals surface area contributed by atoms with E-state index in [0.717, 1.165) is 29.4 Å². The Hall–Kier alpha value is -2.99. The summed E-state index contributed by atoms with van der Waals surface area (Å²) in [5, 5.41) is 8.95. The Labute approximate surface area is 154 Å². The number of carbonyl (C=O) groups excluding carboxylic acids is 1. The van der Waals surface area contributed by atoms with E-state index >= 15 is 0 Å². The van der Waals surface area contributed by atoms with Gasteiger partial charge in [-0.15, -0.1) is 0 Å². The second kappa shape index (κ2) is 8.92. The number of halogens is 1. The fourth-order valence-corrected chi connectivity index (χ4v) is 2.73. The van der Waals surface area contributed by atoms with Crippen LogP contribution in [0.15, 0.2) is 54.1 Å². The van der Waals surface area contributed by atoms with Crippen molar-refractivity contribution in [3.8, 4) is 6.07 Å². The van der Waals surface area contributed by atoms with Crippen molar-refractivity contribution in [2.45, 2.75) is 33.6 Å². The predicted molar refractivity (Wildman–Crippen MR) is 104 cm³/mol. The van der Waals surface area contributed by atoms with Crippen molar-refractivity contribution in [1.82, 2.24) is 0 Å². The highest BCUT2D eigenvalue weighted by Crippen LogP contribution is 2.30. The third-order valence-electron chi connectivity index (χ3n) is 4.49. The smallest absolute Gasteiger partial charge is 0.146 e. The number of allylic oxidation sites excluding steroid dienone is 4. The van der Waals surface area contributed by atoms with E-state index in [2.05, 4.69) is 19.1 Å². The molecule has 2 nitrogen and oxygen atoms in total. The van der Waals surface area contributed by atoms with Crippen LogP contribution in [0.5, 0.6) is 0 Å². The number of nitrogens with zero attached hydrogens (tertiary/aromatic N) is 1. The lowest BCUT2D eigenvalue weighted by molar-refractivity contribution is -0.105. The number of benzene rings is 2. The molecule has 0 radical (unpaired) electrons. The van der Waals surface area contributed by atoms with E-state index in [9.17, 15) is 9.18 Å². The van der Waals surface area contributed by atoms with Gasteiger partial charge in [0.15, 0.2) is 0 Å². The van der Waals surface area contributed by atoms with Gasteiger partial charge in [0.25, 0.3) is 0 Å². The van der Waals surface area contributed by atoms with Gasteiger partial charge >= 0.3 is 0 Å². The zero-order chi connectivity index (χ0) is 19.1. The summed E-state index contributed by atoms with van der Waals surface area (Å²) in [5.74, 6) is -0.561. The lowest BCUT2D eigenvalue weighted by Crippen LogP contribution is -1.94. The topological polar surface area (TPSA) is 40.9 Å². The summed E-state index contributed by atoms with van der Waals surface area (Å²) in [6.07, 6.45) is 4.18. The standard InChI is InChI=1S/C23H22FNO/c1-4-17-6-8-19(9-7-17)16(3)22(12-18(5-2)15-26)20-10-11-21(14-25)23(24)13-20/h6-13,15H,4-5H2,1-3H3/b18-12+,22-16-. The van der Waals surface area contributed by atoms with E-state index in [1.807, 2.05) is 32.0 Å². The molecule has 2 aromatic rings. The largest absolute Gasteiger partial charge is 0.298 e. The van der Waals surface area contributed by atoms with Crippen molar-refractivity contribution >= 4 is 17.4 Å². The monoisotopic (exact) mass is 347 g/mol. The zero-order valence-electron chi connectivity index (χ0n) is 15.3. The highest BCUT2D eigenvalue weighted by Gasteiger charge is 2.10. The van der Waals surface area contributed by atoms with Gasteiger partial charge in [-0.3, -0.25) is 4.79 Å². The first-order valence-electron chi connectivity index (χ1n) is 8.70. The zero-order valence-corrected chi connectivity index (χ0v) is 15.3. The Morgan fingerprint density at radius 1 is 1.12 bits per heavy atom. The maximum absolute atomic E-state index is 14.1. The Morgan fingerprint density at radius 2 is 1.77 bits per heavy atom. The Balaban J connectivity index is 2.66. The van der Waals surface area contributed by atoms with Crippen LogP contribution in [0.1, 0.15) is 49.4 Å². The van der Waals surface area contributed by atoms with Gasteiger partial charge in [0.2, 0.25) is 0 Å². The lowest BCUT2D eigenvalue weighted by atomic mass is 9.92. The average molecular weight is 347 g/mol. The van der Waals surface area contributed by atoms with Crippen LogP contribution in [0.3, 0.4) is 0 Å². The number of nitriles is 1. The quantitative estimate of drug-likeness (QED) is 0.290. The maximum atomic E-state index is 14.1. The Morgan fingerprint density at radius 3 is 2.27 bits per heavy atom. The minimum atomic E-state index is -0.561. The molecular weight excluding hydrogens is 325 g/mol. The molecule has 0 heterocycles. The van der Waals surface area contributed by atoms with Crippen molar-refractivity contribution in [1.29, 1.82) is 5.26 Å². The van der Waals surface area contributed by atoms with Crippen LogP contribution >= 0.6 is 0 Å². The van der Waals surface area contributed by atoms with E-state index < -0.39 is 5.82 Å². The first-order valence-corrected chi connectivity index (χ1v) is 8.70. The summed E-state index contributed by atoms with van der Waals surface area (Å²) in [5.41, 5.74) is 5.27. The van der Waals surface area contributed by atoms with Crippen molar-refractivity contribution < 1.29 is 9.18 Å². The number of aldehydes is 1. The first-order chi connectivity index (χ1) is 12.5. The summed E-state index contributed by atoms with van der Waals surface area (Å²) < 4.78 is 14.1. The van der Waals surface area contributed by atoms with E-state index in [1.54, 1.807) is 12.1 Å². The maximum Gasteiger partial charge on any atom is 0.146 e. The molecule has 3 heteroatoms. The fraction of sp³-hybridized carbons (Fsp3) is 0.217. The first kappa shape index (κ1) is 19.3. The SMILES string of the molecule is CC/C(C=O)=C\C(=C(/C)c1ccc(CC)cc1)c1ccc(C#N)c(F)c1. The molecule has 0 amide bonds. The second-order valence-corrected chi connectivity index (χ2v) is 6.09. The number of aryl methyl sites for hydroxylation is 1. The van der Waals surface area contributed by atoms with Gasteiger partial charge in [-0.25, -0.2) is 4.39 Å². The molecule has 0 aliphatic carbocycles. The molecule has 0 spiro atoms. The molecule has 0 saturated heterocycles. The molecule has 2 rings (SSSR count). The van der Waals surface area contributed by atoms with Crippen LogP contribution in [0.2, 0.25) is 0 Å². The Kier molecular flexibility index (Phi) is 6.63. The van der Waals surface area contributed by atoms with Crippen molar-refractivity contribution in [2.75, 3.05) is 0 Å². The summed E-state index contributed by atoms with van der Waals surface area (Å²) in [7, 11) is 0. The summed E-state index contributed by atoms with van der Waals surface area (Å²) >= 11 is 0. The van der Waals surface area contributed by atoms with Crippen molar-refractivity contribution in [3.05, 3.63) is 82.2 Å². The van der Waals surface area contributed by atoms with E-state index in [-0.39, 0.29) is 5.56 Å². The van der Waals surface area contributed by atoms with Gasteiger partial charge in [0.05, 0.1) is 5.56 Å². The predicted octanol–water partition coefficient (Wildman–Crippen LogP) is 5.73. The van der Waals surface area contributed by atoms with Crippen LogP contribution in [-0.2, 0) is 11.2 Å². The van der Waals surface area contributed by atoms with Crippen LogP contribution < -0.4 is 0 Å². The molecule has 0 saturated carbocycles. The van der Waals surface area contributed by atoms with Gasteiger partial charge < -0.3 is 0 Å². The van der Waals surface area contributed by atoms with Crippen molar-refractivity contribution in [2.24, 2.45) is 0 Å². The lowest BCUT2D eigenvalue weighted by Gasteiger charge is -2.12. The molecule has 26 heavy (non-hydrogen) atoms. The van der Waals surface area contributed by atoms with Gasteiger partial charge in [-0.05, 0) is 71.4 Å². The molecule has 0 bridgehead atoms. The molecule has 0 unspecified atom stereocenters. The van der Waals surface area contributed by atoms with Gasteiger partial charge in [0, 0.05) is 0 Å². The molecule has 0 atom stereocenters. The van der Waals surface area contributed by atoms with Crippen LogP contribution in [0, 0.1) is 17.1 Å². The van der Waals surface area contributed by atoms with Gasteiger partial charge in [-0.2, -0.15) is 5.26 Å². The third-order valence-corrected chi connectivity index (χ3v) is 4.49. The molecule has 132 valence electrons. The van der Waals surface area contributed by atoms with Crippen LogP contribution in [0.25, 0.3) is 11.1 Å². The summed E-state index contributed by atoms with van der Waals surface area (Å²) in [4.78, 5) is 11.3. The molecule has 0 N–H and O–H groups in total. The van der Waals surface area contributed by atoms with Crippen LogP contribution in [0.4, 0.5) is 4.39 Å². The second-order valence-electron chi connectivity index (χ2n) is 6.09. The number of hydrogen-bond acceptors (Lipinski definition) is 2. The highest BCUT2D eigenvalue weighted by molar-refractivity contribution is 5.97. The average Bonchev–Trinajstić information content (AvgIpc) is 2.68. The van der Waals surface area contributed by atoms with Crippen molar-refractivity contribution in [3.63, 3.8) is 0 Å². The summed E-state index contributed by atoms with van der Waals surface area (Å²) in [6, 6.07) is 14.6. The van der Waals surface area contributed by atoms with E-state index in [4.69, 9.17) is 5.26 Å². The molecule has 2 aromatic carbocycles. The minimum absolute atomic E-state index is 0.00753. The third kappa shape index (κ3) is 4.34. The number of hydrogen-bond donors (Lipinski definition) is 0. The number of carbonyl (C=O) groups is 1. The normalized spacial score (nSPS) is 12.3. The van der Waals surface area contributed by atoms with E-state index in [1.165, 1.54) is 17.7 Å². The number of rotatable bonds is 6. The highest BCUT2D eigenvalue weighted by atomic mass is 19.1. The molecular formula is C23H22FNO. The summed E-state index contributed by atoms with van der Waals surface area (Å²) in [6.45, 7) is 5.96. The molecule has 0 fully saturated rings. The van der Waals surface area contributed by atoms with E-state index in [0.29, 0.717) is 17.6 Å². The molecule has 0 aromatic heterocycles. The molecule has 0 aliphatic rings. The fourth-order valence-electron chi connectivity index (χ4n) is 2.73. The van der Waals surface area contributed by atoms with Gasteiger partial charge in [-0.1, -0.05) is 44.2 Å².